The maximum Gasteiger partial charge on any atom is 0.490 e. The minimum Gasteiger partial charge on any atom is -0.453 e. The second-order valence-electron chi connectivity index (χ2n) is 6.02. The lowest BCUT2D eigenvalue weighted by atomic mass is 9.90. The van der Waals surface area contributed by atoms with E-state index in [-0.39, 0.29) is 0 Å². The molecule has 1 fully saturated rings. The Morgan fingerprint density at radius 1 is 0.850 bits per heavy atom. The molecular formula is C15H25F3O2. The van der Waals surface area contributed by atoms with Crippen LogP contribution in [0, 0.1) is 0 Å². The number of halogens is 3. The first-order valence-electron chi connectivity index (χ1n) is 7.64. The van der Waals surface area contributed by atoms with Gasteiger partial charge >= 0.3 is 12.1 Å². The van der Waals surface area contributed by atoms with Gasteiger partial charge in [0.1, 0.15) is 5.60 Å². The smallest absolute Gasteiger partial charge is 0.453 e. The highest BCUT2D eigenvalue weighted by molar-refractivity contribution is 5.76. The third-order valence-electron chi connectivity index (χ3n) is 3.98. The van der Waals surface area contributed by atoms with Gasteiger partial charge in [-0.15, -0.1) is 0 Å². The summed E-state index contributed by atoms with van der Waals surface area (Å²) in [5, 5.41) is 0. The molecule has 1 aliphatic rings. The van der Waals surface area contributed by atoms with Crippen LogP contribution in [0.3, 0.4) is 0 Å². The summed E-state index contributed by atoms with van der Waals surface area (Å²) in [4.78, 5) is 11.1. The van der Waals surface area contributed by atoms with E-state index in [0.717, 1.165) is 38.5 Å². The van der Waals surface area contributed by atoms with E-state index in [1.165, 1.54) is 19.3 Å². The second kappa shape index (κ2) is 7.89. The van der Waals surface area contributed by atoms with Gasteiger partial charge in [-0.3, -0.25) is 0 Å². The molecule has 0 aliphatic heterocycles. The van der Waals surface area contributed by atoms with Crippen LogP contribution in [0.15, 0.2) is 0 Å². The van der Waals surface area contributed by atoms with Crippen LogP contribution in [0.4, 0.5) is 13.2 Å². The molecule has 0 aromatic carbocycles. The molecule has 0 N–H and O–H groups in total. The molecule has 0 spiro atoms. The summed E-state index contributed by atoms with van der Waals surface area (Å²) in [6, 6.07) is 0. The van der Waals surface area contributed by atoms with Crippen molar-refractivity contribution in [1.82, 2.24) is 0 Å². The zero-order valence-electron chi connectivity index (χ0n) is 12.2. The molecule has 0 amide bonds. The van der Waals surface area contributed by atoms with Crippen molar-refractivity contribution in [2.75, 3.05) is 0 Å². The van der Waals surface area contributed by atoms with E-state index in [1.54, 1.807) is 6.92 Å². The van der Waals surface area contributed by atoms with E-state index >= 15 is 0 Å². The molecule has 0 saturated heterocycles. The first-order valence-corrected chi connectivity index (χ1v) is 7.64. The molecule has 0 atom stereocenters. The maximum absolute atomic E-state index is 12.3. The molecule has 1 aliphatic carbocycles. The summed E-state index contributed by atoms with van der Waals surface area (Å²) >= 11 is 0. The predicted molar refractivity (Wildman–Crippen MR) is 71.3 cm³/mol. The molecule has 0 bridgehead atoms. The highest BCUT2D eigenvalue weighted by atomic mass is 19.4. The number of rotatable bonds is 1. The van der Waals surface area contributed by atoms with Crippen molar-refractivity contribution in [3.8, 4) is 0 Å². The summed E-state index contributed by atoms with van der Waals surface area (Å²) in [6.07, 6.45) is 5.66. The Bertz CT molecular complexity index is 288. The van der Waals surface area contributed by atoms with Crippen molar-refractivity contribution in [1.29, 1.82) is 0 Å². The Labute approximate surface area is 119 Å². The molecule has 1 rings (SSSR count). The summed E-state index contributed by atoms with van der Waals surface area (Å²) in [7, 11) is 0. The van der Waals surface area contributed by atoms with Crippen LogP contribution >= 0.6 is 0 Å². The molecule has 20 heavy (non-hydrogen) atoms. The lowest BCUT2D eigenvalue weighted by Crippen LogP contribution is -2.38. The Hall–Kier alpha value is -0.740. The van der Waals surface area contributed by atoms with E-state index in [1.807, 2.05) is 0 Å². The van der Waals surface area contributed by atoms with Gasteiger partial charge in [-0.2, -0.15) is 13.2 Å². The zero-order chi connectivity index (χ0) is 15.1. The van der Waals surface area contributed by atoms with Crippen molar-refractivity contribution in [3.63, 3.8) is 0 Å². The molecule has 0 aromatic rings. The third kappa shape index (κ3) is 6.62. The van der Waals surface area contributed by atoms with Crippen LogP contribution in [-0.2, 0) is 9.53 Å². The quantitative estimate of drug-likeness (QED) is 0.625. The largest absolute Gasteiger partial charge is 0.490 e. The molecule has 0 heterocycles. The minimum atomic E-state index is -4.90. The van der Waals surface area contributed by atoms with Gasteiger partial charge in [0.05, 0.1) is 0 Å². The SMILES string of the molecule is CC1(OC(=O)C(F)(F)F)CCCCCCCCCCC1. The summed E-state index contributed by atoms with van der Waals surface area (Å²) in [5.41, 5.74) is -0.966. The van der Waals surface area contributed by atoms with Gasteiger partial charge < -0.3 is 4.74 Å². The Morgan fingerprint density at radius 2 is 1.20 bits per heavy atom. The average Bonchev–Trinajstić information content (AvgIpc) is 2.33. The highest BCUT2D eigenvalue weighted by Crippen LogP contribution is 2.30. The van der Waals surface area contributed by atoms with E-state index in [0.29, 0.717) is 12.8 Å². The Balaban J connectivity index is 2.57. The number of ether oxygens (including phenoxy) is 1. The van der Waals surface area contributed by atoms with Crippen molar-refractivity contribution in [2.24, 2.45) is 0 Å². The van der Waals surface area contributed by atoms with Crippen LogP contribution in [0.5, 0.6) is 0 Å². The van der Waals surface area contributed by atoms with Crippen LogP contribution in [0.25, 0.3) is 0 Å². The lowest BCUT2D eigenvalue weighted by molar-refractivity contribution is -0.214. The molecule has 2 nitrogen and oxygen atoms in total. The molecular weight excluding hydrogens is 269 g/mol. The predicted octanol–water partition coefficient (Wildman–Crippen LogP) is 5.16. The zero-order valence-corrected chi connectivity index (χ0v) is 12.2. The van der Waals surface area contributed by atoms with Gasteiger partial charge in [-0.1, -0.05) is 44.9 Å². The molecule has 0 radical (unpaired) electrons. The first-order chi connectivity index (χ1) is 9.33. The number of hydrogen-bond acceptors (Lipinski definition) is 2. The van der Waals surface area contributed by atoms with E-state index < -0.39 is 17.7 Å². The fraction of sp³-hybridized carbons (Fsp3) is 0.933. The van der Waals surface area contributed by atoms with E-state index in [4.69, 9.17) is 4.74 Å². The van der Waals surface area contributed by atoms with Gasteiger partial charge in [0.15, 0.2) is 0 Å². The van der Waals surface area contributed by atoms with Gasteiger partial charge in [0, 0.05) is 0 Å². The van der Waals surface area contributed by atoms with Crippen molar-refractivity contribution in [2.45, 2.75) is 89.3 Å². The summed E-state index contributed by atoms with van der Waals surface area (Å²) in [6.45, 7) is 1.64. The van der Waals surface area contributed by atoms with Crippen LogP contribution in [0.2, 0.25) is 0 Å². The van der Waals surface area contributed by atoms with Crippen molar-refractivity contribution >= 4 is 5.97 Å². The van der Waals surface area contributed by atoms with Gasteiger partial charge in [0.25, 0.3) is 0 Å². The standard InChI is InChI=1S/C15H25F3O2/c1-14(20-13(19)15(16,17)18)11-9-7-5-3-2-4-6-8-10-12-14/h2-12H2,1H3. The van der Waals surface area contributed by atoms with Crippen LogP contribution in [0.1, 0.15) is 77.6 Å². The van der Waals surface area contributed by atoms with Gasteiger partial charge in [-0.25, -0.2) is 4.79 Å². The molecule has 0 aromatic heterocycles. The van der Waals surface area contributed by atoms with Crippen LogP contribution in [-0.4, -0.2) is 17.7 Å². The van der Waals surface area contributed by atoms with Gasteiger partial charge in [0.2, 0.25) is 0 Å². The topological polar surface area (TPSA) is 26.3 Å². The highest BCUT2D eigenvalue weighted by Gasteiger charge is 2.44. The Morgan fingerprint density at radius 3 is 1.55 bits per heavy atom. The molecule has 118 valence electrons. The molecule has 0 unspecified atom stereocenters. The van der Waals surface area contributed by atoms with E-state index in [2.05, 4.69) is 0 Å². The lowest BCUT2D eigenvalue weighted by Gasteiger charge is -2.30. The normalized spacial score (nSPS) is 22.4. The molecule has 1 saturated carbocycles. The number of carbonyl (C=O) groups is 1. The fourth-order valence-electron chi connectivity index (χ4n) is 2.74. The summed E-state index contributed by atoms with van der Waals surface area (Å²) < 4.78 is 41.8. The van der Waals surface area contributed by atoms with Gasteiger partial charge in [-0.05, 0) is 32.6 Å². The first kappa shape index (κ1) is 17.3. The Kier molecular flexibility index (Phi) is 6.83. The fourth-order valence-corrected chi connectivity index (χ4v) is 2.74. The van der Waals surface area contributed by atoms with E-state index in [9.17, 15) is 18.0 Å². The number of carbonyl (C=O) groups excluding carboxylic acids is 1. The van der Waals surface area contributed by atoms with Crippen molar-refractivity contribution < 1.29 is 22.7 Å². The molecule has 5 heteroatoms. The third-order valence-corrected chi connectivity index (χ3v) is 3.98. The second-order valence-corrected chi connectivity index (χ2v) is 6.02. The number of alkyl halides is 3. The van der Waals surface area contributed by atoms with Crippen LogP contribution < -0.4 is 0 Å². The van der Waals surface area contributed by atoms with Crippen molar-refractivity contribution in [3.05, 3.63) is 0 Å². The maximum atomic E-state index is 12.3. The number of hydrogen-bond donors (Lipinski definition) is 0. The monoisotopic (exact) mass is 294 g/mol. The summed E-state index contributed by atoms with van der Waals surface area (Å²) in [5.74, 6) is -2.05. The minimum absolute atomic E-state index is 0.523. The average molecular weight is 294 g/mol. The number of esters is 1.